The van der Waals surface area contributed by atoms with Gasteiger partial charge in [0.15, 0.2) is 0 Å². The Morgan fingerprint density at radius 1 is 1.00 bits per heavy atom. The fourth-order valence-corrected chi connectivity index (χ4v) is 3.43. The summed E-state index contributed by atoms with van der Waals surface area (Å²) in [7, 11) is 0. The third-order valence-corrected chi connectivity index (χ3v) is 4.83. The third-order valence-electron chi connectivity index (χ3n) is 4.58. The summed E-state index contributed by atoms with van der Waals surface area (Å²) in [6.07, 6.45) is -0.394. The summed E-state index contributed by atoms with van der Waals surface area (Å²) in [6.45, 7) is 1.47. The summed E-state index contributed by atoms with van der Waals surface area (Å²) in [5.74, 6) is -0.219. The van der Waals surface area contributed by atoms with Crippen LogP contribution < -0.4 is 15.5 Å². The molecule has 0 saturated carbocycles. The molecule has 1 aliphatic heterocycles. The highest BCUT2D eigenvalue weighted by molar-refractivity contribution is 6.30. The maximum absolute atomic E-state index is 13.3. The minimum atomic E-state index is -0.394. The van der Waals surface area contributed by atoms with Gasteiger partial charge >= 0.3 is 0 Å². The largest absolute Gasteiger partial charge is 0.360 e. The second-order valence-corrected chi connectivity index (χ2v) is 6.98. The zero-order valence-corrected chi connectivity index (χ0v) is 15.9. The lowest BCUT2D eigenvalue weighted by atomic mass is 10.0. The van der Waals surface area contributed by atoms with Gasteiger partial charge in [0.2, 0.25) is 5.91 Å². The quantitative estimate of drug-likeness (QED) is 0.655. The second-order valence-electron chi connectivity index (χ2n) is 6.55. The SMILES string of the molecule is CC(=O)Nc1ccc([C@@H]2Nc3ccccc3C(=O)N2c2ccc(Cl)cc2)cc1. The molecule has 2 N–H and O–H groups in total. The lowest BCUT2D eigenvalue weighted by Gasteiger charge is -2.38. The number of para-hydroxylation sites is 1. The van der Waals surface area contributed by atoms with Crippen LogP contribution in [0.1, 0.15) is 29.0 Å². The lowest BCUT2D eigenvalue weighted by Crippen LogP contribution is -2.43. The van der Waals surface area contributed by atoms with Crippen molar-refractivity contribution in [1.82, 2.24) is 0 Å². The second kappa shape index (κ2) is 7.37. The Hall–Kier alpha value is -3.31. The highest BCUT2D eigenvalue weighted by atomic mass is 35.5. The van der Waals surface area contributed by atoms with Crippen LogP contribution in [0.4, 0.5) is 17.1 Å². The first-order valence-electron chi connectivity index (χ1n) is 8.85. The summed E-state index contributed by atoms with van der Waals surface area (Å²) in [6, 6.07) is 22.1. The number of carbonyl (C=O) groups is 2. The van der Waals surface area contributed by atoms with Crippen molar-refractivity contribution in [3.05, 3.63) is 88.9 Å². The van der Waals surface area contributed by atoms with Crippen LogP contribution in [0, 0.1) is 0 Å². The molecule has 0 saturated heterocycles. The molecule has 140 valence electrons. The normalized spacial score (nSPS) is 15.6. The standard InChI is InChI=1S/C22H18ClN3O2/c1-14(27)24-17-10-6-15(7-11-17)21-25-20-5-3-2-4-19(20)22(28)26(21)18-12-8-16(23)9-13-18/h2-13,21,25H,1H3,(H,24,27)/t21-/m1/s1. The Labute approximate surface area is 167 Å². The van der Waals surface area contributed by atoms with Crippen molar-refractivity contribution in [2.24, 2.45) is 0 Å². The Bertz CT molecular complexity index is 1030. The van der Waals surface area contributed by atoms with Gasteiger partial charge in [0.1, 0.15) is 6.17 Å². The summed E-state index contributed by atoms with van der Waals surface area (Å²) >= 11 is 6.03. The molecule has 3 aromatic rings. The number of halogens is 1. The van der Waals surface area contributed by atoms with E-state index in [9.17, 15) is 9.59 Å². The van der Waals surface area contributed by atoms with E-state index in [1.807, 2.05) is 60.7 Å². The maximum atomic E-state index is 13.3. The van der Waals surface area contributed by atoms with Gasteiger partial charge in [-0.05, 0) is 54.1 Å². The summed E-state index contributed by atoms with van der Waals surface area (Å²) in [5, 5.41) is 6.81. The third kappa shape index (κ3) is 3.44. The Kier molecular flexibility index (Phi) is 4.75. The topological polar surface area (TPSA) is 61.4 Å². The highest BCUT2D eigenvalue weighted by Gasteiger charge is 2.33. The van der Waals surface area contributed by atoms with Crippen molar-refractivity contribution in [3.63, 3.8) is 0 Å². The Morgan fingerprint density at radius 2 is 1.68 bits per heavy atom. The number of hydrogen-bond acceptors (Lipinski definition) is 3. The number of amides is 2. The van der Waals surface area contributed by atoms with Gasteiger partial charge in [-0.1, -0.05) is 35.9 Å². The number of nitrogens with zero attached hydrogens (tertiary/aromatic N) is 1. The highest BCUT2D eigenvalue weighted by Crippen LogP contribution is 2.37. The molecule has 3 aromatic carbocycles. The van der Waals surface area contributed by atoms with Crippen LogP contribution in [0.25, 0.3) is 0 Å². The van der Waals surface area contributed by atoms with Crippen LogP contribution in [-0.4, -0.2) is 11.8 Å². The number of benzene rings is 3. The van der Waals surface area contributed by atoms with Crippen LogP contribution in [-0.2, 0) is 4.79 Å². The molecule has 6 heteroatoms. The van der Waals surface area contributed by atoms with Crippen molar-refractivity contribution in [1.29, 1.82) is 0 Å². The minimum absolute atomic E-state index is 0.0902. The zero-order chi connectivity index (χ0) is 19.7. The molecule has 0 aliphatic carbocycles. The molecule has 4 rings (SSSR count). The number of carbonyl (C=O) groups excluding carboxylic acids is 2. The zero-order valence-electron chi connectivity index (χ0n) is 15.1. The minimum Gasteiger partial charge on any atom is -0.360 e. The van der Waals surface area contributed by atoms with Crippen molar-refractivity contribution < 1.29 is 9.59 Å². The Morgan fingerprint density at radius 3 is 2.36 bits per heavy atom. The fraction of sp³-hybridized carbons (Fsp3) is 0.0909. The Balaban J connectivity index is 1.77. The lowest BCUT2D eigenvalue weighted by molar-refractivity contribution is -0.114. The van der Waals surface area contributed by atoms with E-state index >= 15 is 0 Å². The van der Waals surface area contributed by atoms with Gasteiger partial charge < -0.3 is 10.6 Å². The molecule has 0 aromatic heterocycles. The number of anilines is 3. The van der Waals surface area contributed by atoms with E-state index in [1.54, 1.807) is 17.0 Å². The van der Waals surface area contributed by atoms with E-state index in [0.717, 1.165) is 16.9 Å². The van der Waals surface area contributed by atoms with Gasteiger partial charge in [-0.3, -0.25) is 14.5 Å². The van der Waals surface area contributed by atoms with Gasteiger partial charge in [-0.2, -0.15) is 0 Å². The van der Waals surface area contributed by atoms with Crippen molar-refractivity contribution >= 4 is 40.5 Å². The molecule has 1 heterocycles. The van der Waals surface area contributed by atoms with Crippen LogP contribution in [0.5, 0.6) is 0 Å². The van der Waals surface area contributed by atoms with Crippen LogP contribution >= 0.6 is 11.6 Å². The van der Waals surface area contributed by atoms with E-state index in [1.165, 1.54) is 6.92 Å². The fourth-order valence-electron chi connectivity index (χ4n) is 3.31. The summed E-state index contributed by atoms with van der Waals surface area (Å²) in [4.78, 5) is 26.3. The molecule has 2 amide bonds. The van der Waals surface area contributed by atoms with Gasteiger partial charge in [0.05, 0.1) is 5.56 Å². The smallest absolute Gasteiger partial charge is 0.262 e. The number of rotatable bonds is 3. The van der Waals surface area contributed by atoms with Crippen LogP contribution in [0.3, 0.4) is 0 Å². The van der Waals surface area contributed by atoms with Gasteiger partial charge in [0.25, 0.3) is 5.91 Å². The van der Waals surface area contributed by atoms with E-state index in [-0.39, 0.29) is 11.8 Å². The number of fused-ring (bicyclic) bond motifs is 1. The molecule has 0 unspecified atom stereocenters. The van der Waals surface area contributed by atoms with Gasteiger partial charge in [0, 0.05) is 29.0 Å². The summed E-state index contributed by atoms with van der Waals surface area (Å²) < 4.78 is 0. The van der Waals surface area contributed by atoms with Crippen LogP contribution in [0.15, 0.2) is 72.8 Å². The van der Waals surface area contributed by atoms with E-state index in [0.29, 0.717) is 16.3 Å². The first-order chi connectivity index (χ1) is 13.5. The molecule has 1 atom stereocenters. The molecular weight excluding hydrogens is 374 g/mol. The molecule has 28 heavy (non-hydrogen) atoms. The number of nitrogens with one attached hydrogen (secondary N) is 2. The van der Waals surface area contributed by atoms with Crippen molar-refractivity contribution in [2.45, 2.75) is 13.1 Å². The molecule has 0 fully saturated rings. The molecule has 0 radical (unpaired) electrons. The van der Waals surface area contributed by atoms with Crippen LogP contribution in [0.2, 0.25) is 5.02 Å². The first-order valence-corrected chi connectivity index (χ1v) is 9.23. The van der Waals surface area contributed by atoms with Gasteiger partial charge in [-0.15, -0.1) is 0 Å². The molecular formula is C22H18ClN3O2. The summed E-state index contributed by atoms with van der Waals surface area (Å²) in [5.41, 5.74) is 3.74. The first kappa shape index (κ1) is 18.1. The molecule has 5 nitrogen and oxygen atoms in total. The van der Waals surface area contributed by atoms with Crippen molar-refractivity contribution in [3.8, 4) is 0 Å². The van der Waals surface area contributed by atoms with E-state index < -0.39 is 6.17 Å². The maximum Gasteiger partial charge on any atom is 0.262 e. The molecule has 0 bridgehead atoms. The van der Waals surface area contributed by atoms with Gasteiger partial charge in [-0.25, -0.2) is 0 Å². The molecule has 0 spiro atoms. The average Bonchev–Trinajstić information content (AvgIpc) is 2.69. The van der Waals surface area contributed by atoms with Crippen molar-refractivity contribution in [2.75, 3.05) is 15.5 Å². The van der Waals surface area contributed by atoms with E-state index in [2.05, 4.69) is 10.6 Å². The number of hydrogen-bond donors (Lipinski definition) is 2. The predicted octanol–water partition coefficient (Wildman–Crippen LogP) is 5.07. The molecule has 1 aliphatic rings. The monoisotopic (exact) mass is 391 g/mol. The average molecular weight is 392 g/mol. The predicted molar refractivity (Wildman–Crippen MR) is 112 cm³/mol. The van der Waals surface area contributed by atoms with E-state index in [4.69, 9.17) is 11.6 Å².